The quantitative estimate of drug-likeness (QED) is 0.456. The summed E-state index contributed by atoms with van der Waals surface area (Å²) >= 11 is 0. The lowest BCUT2D eigenvalue weighted by Gasteiger charge is -2.21. The number of esters is 1. The van der Waals surface area contributed by atoms with Crippen molar-refractivity contribution in [1.82, 2.24) is 4.98 Å². The summed E-state index contributed by atoms with van der Waals surface area (Å²) in [4.78, 5) is 26.8. The maximum atomic E-state index is 13.6. The summed E-state index contributed by atoms with van der Waals surface area (Å²) in [5.41, 5.74) is -0.359. The Morgan fingerprint density at radius 1 is 1.39 bits per heavy atom. The smallest absolute Gasteiger partial charge is 0.345 e. The van der Waals surface area contributed by atoms with Gasteiger partial charge in [-0.3, -0.25) is 10.1 Å². The van der Waals surface area contributed by atoms with Crippen LogP contribution in [0.1, 0.15) is 35.4 Å². The highest BCUT2D eigenvalue weighted by Crippen LogP contribution is 2.35. The molecule has 0 bridgehead atoms. The zero-order valence-corrected chi connectivity index (χ0v) is 14.9. The molecule has 1 saturated heterocycles. The minimum Gasteiger partial charge on any atom is -0.462 e. The molecule has 2 atom stereocenters. The monoisotopic (exact) mass is 393 g/mol. The summed E-state index contributed by atoms with van der Waals surface area (Å²) in [6.45, 7) is 1.97. The van der Waals surface area contributed by atoms with Crippen LogP contribution in [0.15, 0.2) is 30.5 Å². The van der Waals surface area contributed by atoms with Crippen molar-refractivity contribution >= 4 is 17.5 Å². The summed E-state index contributed by atoms with van der Waals surface area (Å²) in [7, 11) is 0. The van der Waals surface area contributed by atoms with Crippen molar-refractivity contribution in [3.05, 3.63) is 63.3 Å². The number of nitro groups is 1. The van der Waals surface area contributed by atoms with Gasteiger partial charge in [0.1, 0.15) is 11.7 Å². The van der Waals surface area contributed by atoms with Crippen molar-refractivity contribution in [2.24, 2.45) is 0 Å². The van der Waals surface area contributed by atoms with Gasteiger partial charge in [-0.05, 0) is 37.1 Å². The molecule has 1 aromatic carbocycles. The first-order valence-corrected chi connectivity index (χ1v) is 8.56. The molecule has 2 unspecified atom stereocenters. The maximum absolute atomic E-state index is 13.6. The van der Waals surface area contributed by atoms with Crippen LogP contribution < -0.4 is 5.32 Å². The molecule has 8 nitrogen and oxygen atoms in total. The first-order chi connectivity index (χ1) is 13.4. The Morgan fingerprint density at radius 3 is 2.86 bits per heavy atom. The molecule has 28 heavy (non-hydrogen) atoms. The van der Waals surface area contributed by atoms with Crippen LogP contribution in [0.2, 0.25) is 0 Å². The summed E-state index contributed by atoms with van der Waals surface area (Å²) in [5.74, 6) is -2.95. The van der Waals surface area contributed by atoms with Crippen LogP contribution in [-0.4, -0.2) is 35.1 Å². The van der Waals surface area contributed by atoms with Gasteiger partial charge in [-0.2, -0.15) is 0 Å². The Morgan fingerprint density at radius 2 is 2.18 bits per heavy atom. The van der Waals surface area contributed by atoms with Gasteiger partial charge in [-0.1, -0.05) is 6.07 Å². The lowest BCUT2D eigenvalue weighted by molar-refractivity contribution is -0.384. The first-order valence-electron chi connectivity index (χ1n) is 8.56. The van der Waals surface area contributed by atoms with Crippen molar-refractivity contribution in [3.8, 4) is 0 Å². The van der Waals surface area contributed by atoms with E-state index in [4.69, 9.17) is 9.47 Å². The molecule has 1 aliphatic rings. The van der Waals surface area contributed by atoms with Gasteiger partial charge in [0.2, 0.25) is 5.82 Å². The number of halogens is 2. The van der Waals surface area contributed by atoms with Crippen molar-refractivity contribution in [1.29, 1.82) is 0 Å². The number of anilines is 1. The van der Waals surface area contributed by atoms with Crippen molar-refractivity contribution in [3.63, 3.8) is 0 Å². The summed E-state index contributed by atoms with van der Waals surface area (Å²) in [6.07, 6.45) is 1.04. The van der Waals surface area contributed by atoms with Crippen LogP contribution in [0.3, 0.4) is 0 Å². The second-order valence-electron chi connectivity index (χ2n) is 6.04. The number of aromatic nitrogens is 1. The van der Waals surface area contributed by atoms with E-state index in [0.29, 0.717) is 18.6 Å². The number of rotatable bonds is 6. The normalized spacial score (nSPS) is 18.7. The van der Waals surface area contributed by atoms with Crippen molar-refractivity contribution in [2.75, 3.05) is 18.5 Å². The molecule has 1 aromatic heterocycles. The third kappa shape index (κ3) is 3.91. The van der Waals surface area contributed by atoms with Crippen LogP contribution in [0.4, 0.5) is 20.3 Å². The largest absolute Gasteiger partial charge is 0.462 e. The zero-order chi connectivity index (χ0) is 20.3. The third-order valence-electron chi connectivity index (χ3n) is 4.29. The second kappa shape index (κ2) is 8.26. The van der Waals surface area contributed by atoms with E-state index < -0.39 is 40.4 Å². The van der Waals surface area contributed by atoms with E-state index in [2.05, 4.69) is 10.3 Å². The van der Waals surface area contributed by atoms with E-state index in [1.165, 1.54) is 18.3 Å². The van der Waals surface area contributed by atoms with Crippen LogP contribution in [0.5, 0.6) is 0 Å². The summed E-state index contributed by atoms with van der Waals surface area (Å²) < 4.78 is 37.2. The van der Waals surface area contributed by atoms with Crippen LogP contribution in [-0.2, 0) is 9.47 Å². The number of nitrogens with one attached hydrogen (secondary N) is 1. The molecule has 148 valence electrons. The molecule has 3 rings (SSSR count). The fourth-order valence-electron chi connectivity index (χ4n) is 3.05. The highest BCUT2D eigenvalue weighted by molar-refractivity contribution is 5.96. The average Bonchev–Trinajstić information content (AvgIpc) is 3.12. The number of carbonyl (C=O) groups is 1. The minimum absolute atomic E-state index is 0.0652. The Labute approximate surface area is 158 Å². The number of hydrogen-bond acceptors (Lipinski definition) is 7. The molecule has 1 fully saturated rings. The van der Waals surface area contributed by atoms with Gasteiger partial charge >= 0.3 is 11.7 Å². The molecule has 2 heterocycles. The number of nitrogens with zero attached hydrogens (tertiary/aromatic N) is 2. The molecule has 10 heteroatoms. The van der Waals surface area contributed by atoms with Crippen LogP contribution in [0.25, 0.3) is 0 Å². The van der Waals surface area contributed by atoms with E-state index in [1.807, 2.05) is 0 Å². The molecule has 2 aromatic rings. The van der Waals surface area contributed by atoms with Gasteiger partial charge in [0.25, 0.3) is 0 Å². The van der Waals surface area contributed by atoms with E-state index in [9.17, 15) is 23.7 Å². The topological polar surface area (TPSA) is 104 Å². The van der Waals surface area contributed by atoms with Crippen molar-refractivity contribution in [2.45, 2.75) is 25.5 Å². The first kappa shape index (κ1) is 19.6. The standard InChI is InChI=1S/C18H17F2N3O5/c1-2-27-18(24)11-5-7-21-17(15(11)23(25)26)22-14-6-8-28-16(14)10-3-4-12(19)13(20)9-10/h3-5,7,9,14,16H,2,6,8H2,1H3,(H,21,22). The fourth-order valence-corrected chi connectivity index (χ4v) is 3.05. The maximum Gasteiger partial charge on any atom is 0.345 e. The Kier molecular flexibility index (Phi) is 5.78. The number of carbonyl (C=O) groups excluding carboxylic acids is 1. The second-order valence-corrected chi connectivity index (χ2v) is 6.04. The van der Waals surface area contributed by atoms with Gasteiger partial charge in [-0.15, -0.1) is 0 Å². The number of hydrogen-bond donors (Lipinski definition) is 1. The Hall–Kier alpha value is -3.14. The van der Waals surface area contributed by atoms with Gasteiger partial charge in [0, 0.05) is 12.8 Å². The Bertz CT molecular complexity index is 909. The van der Waals surface area contributed by atoms with Gasteiger partial charge in [0.05, 0.1) is 17.6 Å². The minimum atomic E-state index is -1.01. The van der Waals surface area contributed by atoms with Crippen LogP contribution in [0, 0.1) is 21.7 Å². The molecule has 0 saturated carbocycles. The number of ether oxygens (including phenoxy) is 2. The molecule has 0 spiro atoms. The lowest BCUT2D eigenvalue weighted by atomic mass is 10.0. The molecule has 0 aliphatic carbocycles. The summed E-state index contributed by atoms with van der Waals surface area (Å²) in [5, 5.41) is 14.5. The zero-order valence-electron chi connectivity index (χ0n) is 14.9. The average molecular weight is 393 g/mol. The van der Waals surface area contributed by atoms with Gasteiger partial charge in [-0.25, -0.2) is 18.6 Å². The van der Waals surface area contributed by atoms with E-state index in [0.717, 1.165) is 12.1 Å². The SMILES string of the molecule is CCOC(=O)c1ccnc(NC2CCOC2c2ccc(F)c(F)c2)c1[N+](=O)[O-]. The van der Waals surface area contributed by atoms with E-state index >= 15 is 0 Å². The van der Waals surface area contributed by atoms with Crippen molar-refractivity contribution < 1.29 is 28.0 Å². The Balaban J connectivity index is 1.91. The number of benzene rings is 1. The van der Waals surface area contributed by atoms with Gasteiger partial charge < -0.3 is 14.8 Å². The molecule has 0 radical (unpaired) electrons. The predicted molar refractivity (Wildman–Crippen MR) is 93.9 cm³/mol. The summed E-state index contributed by atoms with van der Waals surface area (Å²) in [6, 6.07) is 4.12. The molecular formula is C18H17F2N3O5. The fraction of sp³-hybridized carbons (Fsp3) is 0.333. The predicted octanol–water partition coefficient (Wildman–Crippen LogP) is 3.39. The molecule has 0 amide bonds. The molecular weight excluding hydrogens is 376 g/mol. The highest BCUT2D eigenvalue weighted by atomic mass is 19.2. The molecule has 1 N–H and O–H groups in total. The van der Waals surface area contributed by atoms with Gasteiger partial charge in [0.15, 0.2) is 11.6 Å². The van der Waals surface area contributed by atoms with E-state index in [1.54, 1.807) is 6.92 Å². The number of pyridine rings is 1. The third-order valence-corrected chi connectivity index (χ3v) is 4.29. The lowest BCUT2D eigenvalue weighted by Crippen LogP contribution is -2.25. The highest BCUT2D eigenvalue weighted by Gasteiger charge is 2.34. The molecule has 1 aliphatic heterocycles. The van der Waals surface area contributed by atoms with E-state index in [-0.39, 0.29) is 18.0 Å². The van der Waals surface area contributed by atoms with Crippen LogP contribution >= 0.6 is 0 Å².